The van der Waals surface area contributed by atoms with Crippen LogP contribution >= 0.6 is 0 Å². The van der Waals surface area contributed by atoms with Crippen LogP contribution in [-0.4, -0.2) is 29.0 Å². The smallest absolute Gasteiger partial charge is 0.226 e. The Morgan fingerprint density at radius 2 is 1.56 bits per heavy atom. The lowest BCUT2D eigenvalue weighted by Crippen LogP contribution is -2.39. The quantitative estimate of drug-likeness (QED) is 0.917. The molecule has 1 amide bonds. The summed E-state index contributed by atoms with van der Waals surface area (Å²) in [6, 6.07) is 13.9. The number of likely N-dealkylation sites (tertiary alicyclic amines) is 1. The van der Waals surface area contributed by atoms with Gasteiger partial charge in [-0.25, -0.2) is 4.39 Å². The van der Waals surface area contributed by atoms with Gasteiger partial charge in [-0.2, -0.15) is 0 Å². The number of hydrogen-bond donors (Lipinski definition) is 1. The highest BCUT2D eigenvalue weighted by Crippen LogP contribution is 2.49. The van der Waals surface area contributed by atoms with Crippen molar-refractivity contribution in [3.8, 4) is 5.75 Å². The Bertz CT molecular complexity index is 748. The number of carbonyl (C=O) groups is 1. The molecule has 25 heavy (non-hydrogen) atoms. The molecule has 1 heterocycles. The molecule has 1 saturated carbocycles. The van der Waals surface area contributed by atoms with Gasteiger partial charge in [0.1, 0.15) is 11.6 Å². The van der Waals surface area contributed by atoms with Gasteiger partial charge >= 0.3 is 0 Å². The number of aromatic hydroxyl groups is 1. The molecule has 130 valence electrons. The maximum absolute atomic E-state index is 13.0. The van der Waals surface area contributed by atoms with E-state index in [1.807, 2.05) is 17.0 Å². The predicted molar refractivity (Wildman–Crippen MR) is 93.9 cm³/mol. The van der Waals surface area contributed by atoms with Crippen molar-refractivity contribution in [3.05, 3.63) is 65.5 Å². The number of nitrogens with zero attached hydrogens (tertiary/aromatic N) is 1. The van der Waals surface area contributed by atoms with Crippen molar-refractivity contribution in [1.82, 2.24) is 4.90 Å². The largest absolute Gasteiger partial charge is 0.508 e. The van der Waals surface area contributed by atoms with Gasteiger partial charge in [0, 0.05) is 19.0 Å². The number of benzene rings is 2. The van der Waals surface area contributed by atoms with Crippen molar-refractivity contribution in [2.24, 2.45) is 5.92 Å². The molecule has 1 aliphatic heterocycles. The summed E-state index contributed by atoms with van der Waals surface area (Å²) in [5, 5.41) is 9.40. The Kier molecular flexibility index (Phi) is 4.20. The topological polar surface area (TPSA) is 40.5 Å². The van der Waals surface area contributed by atoms with Gasteiger partial charge in [-0.3, -0.25) is 4.79 Å². The summed E-state index contributed by atoms with van der Waals surface area (Å²) < 4.78 is 13.0. The third-order valence-electron chi connectivity index (χ3n) is 5.58. The summed E-state index contributed by atoms with van der Waals surface area (Å²) in [5.74, 6) is 1.08. The van der Waals surface area contributed by atoms with Gasteiger partial charge in [0.05, 0.1) is 0 Å². The van der Waals surface area contributed by atoms with Crippen molar-refractivity contribution < 1.29 is 14.3 Å². The molecule has 2 aromatic carbocycles. The Balaban J connectivity index is 1.33. The molecule has 2 atom stereocenters. The van der Waals surface area contributed by atoms with Crippen LogP contribution in [0, 0.1) is 11.7 Å². The number of hydrogen-bond acceptors (Lipinski definition) is 2. The van der Waals surface area contributed by atoms with Crippen LogP contribution in [0.1, 0.15) is 42.2 Å². The van der Waals surface area contributed by atoms with E-state index in [2.05, 4.69) is 0 Å². The fraction of sp³-hybridized carbons (Fsp3) is 0.381. The fourth-order valence-electron chi connectivity index (χ4n) is 3.96. The molecule has 0 radical (unpaired) electrons. The Hall–Kier alpha value is -2.36. The molecule has 2 aliphatic rings. The zero-order valence-electron chi connectivity index (χ0n) is 14.1. The second kappa shape index (κ2) is 6.51. The van der Waals surface area contributed by atoms with Gasteiger partial charge in [0.25, 0.3) is 0 Å². The van der Waals surface area contributed by atoms with E-state index in [0.717, 1.165) is 37.9 Å². The van der Waals surface area contributed by atoms with Gasteiger partial charge < -0.3 is 10.0 Å². The van der Waals surface area contributed by atoms with Crippen molar-refractivity contribution in [3.63, 3.8) is 0 Å². The second-order valence-electron chi connectivity index (χ2n) is 7.19. The molecule has 0 spiro atoms. The third-order valence-corrected chi connectivity index (χ3v) is 5.58. The highest BCUT2D eigenvalue weighted by molar-refractivity contribution is 5.83. The maximum atomic E-state index is 13.0. The highest BCUT2D eigenvalue weighted by Gasteiger charge is 2.46. The molecule has 1 N–H and O–H groups in total. The van der Waals surface area contributed by atoms with E-state index in [9.17, 15) is 14.3 Å². The summed E-state index contributed by atoms with van der Waals surface area (Å²) in [7, 11) is 0. The number of phenols is 1. The van der Waals surface area contributed by atoms with E-state index < -0.39 is 0 Å². The predicted octanol–water partition coefficient (Wildman–Crippen LogP) is 4.04. The van der Waals surface area contributed by atoms with E-state index in [1.165, 1.54) is 17.7 Å². The molecule has 2 aromatic rings. The molecule has 4 heteroatoms. The van der Waals surface area contributed by atoms with E-state index >= 15 is 0 Å². The van der Waals surface area contributed by atoms with Crippen molar-refractivity contribution >= 4 is 5.91 Å². The molecule has 1 aliphatic carbocycles. The summed E-state index contributed by atoms with van der Waals surface area (Å²) in [5.41, 5.74) is 2.30. The van der Waals surface area contributed by atoms with Gasteiger partial charge in [0.15, 0.2) is 0 Å². The lowest BCUT2D eigenvalue weighted by Gasteiger charge is -2.32. The Morgan fingerprint density at radius 3 is 2.20 bits per heavy atom. The minimum Gasteiger partial charge on any atom is -0.508 e. The molecule has 3 nitrogen and oxygen atoms in total. The van der Waals surface area contributed by atoms with Gasteiger partial charge in [-0.1, -0.05) is 24.3 Å². The number of phenolic OH excluding ortho intramolecular Hbond substituents is 1. The summed E-state index contributed by atoms with van der Waals surface area (Å²) in [6.45, 7) is 1.58. The first kappa shape index (κ1) is 16.1. The van der Waals surface area contributed by atoms with Crippen LogP contribution in [0.15, 0.2) is 48.5 Å². The van der Waals surface area contributed by atoms with Crippen molar-refractivity contribution in [2.45, 2.75) is 31.1 Å². The first-order chi connectivity index (χ1) is 12.1. The lowest BCUT2D eigenvalue weighted by atomic mass is 9.89. The zero-order valence-corrected chi connectivity index (χ0v) is 14.1. The van der Waals surface area contributed by atoms with Gasteiger partial charge in [0.2, 0.25) is 5.91 Å². The number of halogens is 1. The van der Waals surface area contributed by atoms with Crippen molar-refractivity contribution in [1.29, 1.82) is 0 Å². The summed E-state index contributed by atoms with van der Waals surface area (Å²) >= 11 is 0. The number of carbonyl (C=O) groups excluding carboxylic acids is 1. The minimum atomic E-state index is -0.233. The zero-order chi connectivity index (χ0) is 17.4. The first-order valence-electron chi connectivity index (χ1n) is 8.95. The lowest BCUT2D eigenvalue weighted by molar-refractivity contribution is -0.133. The SMILES string of the molecule is O=C(C1CC1c1ccc(F)cc1)N1CCC(c2ccc(O)cc2)CC1. The molecule has 0 aromatic heterocycles. The molecular weight excluding hydrogens is 317 g/mol. The molecule has 4 rings (SSSR count). The second-order valence-corrected chi connectivity index (χ2v) is 7.19. The van der Waals surface area contributed by atoms with Gasteiger partial charge in [-0.05, 0) is 66.5 Å². The Morgan fingerprint density at radius 1 is 0.960 bits per heavy atom. The van der Waals surface area contributed by atoms with E-state index in [4.69, 9.17) is 0 Å². The fourth-order valence-corrected chi connectivity index (χ4v) is 3.96. The van der Waals surface area contributed by atoms with Crippen LogP contribution in [0.5, 0.6) is 5.75 Å². The van der Waals surface area contributed by atoms with E-state index in [-0.39, 0.29) is 29.3 Å². The average Bonchev–Trinajstić information content (AvgIpc) is 3.43. The van der Waals surface area contributed by atoms with Crippen LogP contribution in [0.4, 0.5) is 4.39 Å². The van der Waals surface area contributed by atoms with Crippen LogP contribution in [0.2, 0.25) is 0 Å². The number of rotatable bonds is 3. The van der Waals surface area contributed by atoms with Crippen LogP contribution in [0.3, 0.4) is 0 Å². The van der Waals surface area contributed by atoms with Crippen LogP contribution < -0.4 is 0 Å². The van der Waals surface area contributed by atoms with Gasteiger partial charge in [-0.15, -0.1) is 0 Å². The van der Waals surface area contributed by atoms with Crippen LogP contribution in [0.25, 0.3) is 0 Å². The molecule has 2 fully saturated rings. The summed E-state index contributed by atoms with van der Waals surface area (Å²) in [4.78, 5) is 14.7. The number of piperidine rings is 1. The monoisotopic (exact) mass is 339 g/mol. The first-order valence-corrected chi connectivity index (χ1v) is 8.95. The standard InChI is InChI=1S/C21H22FNO2/c22-17-5-1-16(2-6-17)19-13-20(19)21(25)23-11-9-15(10-12-23)14-3-7-18(24)8-4-14/h1-8,15,19-20,24H,9-13H2. The van der Waals surface area contributed by atoms with Crippen LogP contribution in [-0.2, 0) is 4.79 Å². The Labute approximate surface area is 147 Å². The molecule has 2 unspecified atom stereocenters. The van der Waals surface area contributed by atoms with Crippen molar-refractivity contribution in [2.75, 3.05) is 13.1 Å². The normalized spacial score (nSPS) is 23.5. The minimum absolute atomic E-state index is 0.0654. The maximum Gasteiger partial charge on any atom is 0.226 e. The molecule has 0 bridgehead atoms. The molecular formula is C21H22FNO2. The highest BCUT2D eigenvalue weighted by atomic mass is 19.1. The van der Waals surface area contributed by atoms with E-state index in [1.54, 1.807) is 24.3 Å². The third kappa shape index (κ3) is 3.39. The average molecular weight is 339 g/mol. The molecule has 1 saturated heterocycles. The van der Waals surface area contributed by atoms with E-state index in [0.29, 0.717) is 5.92 Å². The summed E-state index contributed by atoms with van der Waals surface area (Å²) in [6.07, 6.45) is 2.80. The number of amides is 1.